The second-order valence-corrected chi connectivity index (χ2v) is 11.4. The fourth-order valence-electron chi connectivity index (χ4n) is 6.03. The molecule has 0 unspecified atom stereocenters. The third-order valence-electron chi connectivity index (χ3n) is 8.32. The first-order valence-corrected chi connectivity index (χ1v) is 13.8. The molecule has 2 fully saturated rings. The molecule has 6 rings (SSSR count). The minimum Gasteiger partial charge on any atom is -0.344 e. The number of aromatic nitrogens is 7. The largest absolute Gasteiger partial charge is 0.408 e. The molecule has 1 saturated heterocycles. The molecule has 2 aliphatic rings. The Labute approximate surface area is 244 Å². The summed E-state index contributed by atoms with van der Waals surface area (Å²) in [5.74, 6) is -4.53. The maximum Gasteiger partial charge on any atom is 0.408 e. The van der Waals surface area contributed by atoms with E-state index in [0.717, 1.165) is 6.39 Å². The minimum absolute atomic E-state index is 0.0563. The number of hydrogen-bond donors (Lipinski definition) is 2. The maximum atomic E-state index is 14.0. The van der Waals surface area contributed by atoms with Crippen LogP contribution >= 0.6 is 0 Å². The molecule has 0 bridgehead atoms. The Morgan fingerprint density at radius 3 is 2.61 bits per heavy atom. The molecular weight excluding hydrogens is 597 g/mol. The van der Waals surface area contributed by atoms with Crippen molar-refractivity contribution in [1.82, 2.24) is 45.7 Å². The number of nitrogens with zero attached hydrogens (tertiary/aromatic N) is 7. The Bertz CT molecular complexity index is 1660. The lowest BCUT2D eigenvalue weighted by Crippen LogP contribution is -2.39. The number of imidazole rings is 1. The summed E-state index contributed by atoms with van der Waals surface area (Å²) in [4.78, 5) is 34.6. The SMILES string of the molecule is Cc1nonc1C(=O)N[C@H](c1cn2ncc(C[C@@]3(Cc4ncon4)C[C@@H](C(F)(F)F)NC3=O)cc2n1)C1CCC(F)(F)CC1. The molecule has 0 aromatic carbocycles. The second-order valence-electron chi connectivity index (χ2n) is 11.4. The molecule has 1 aliphatic heterocycles. The van der Waals surface area contributed by atoms with Crippen LogP contribution in [0.5, 0.6) is 0 Å². The van der Waals surface area contributed by atoms with Crippen molar-refractivity contribution in [3.05, 3.63) is 53.3 Å². The number of hydrogen-bond acceptors (Lipinski definition) is 10. The summed E-state index contributed by atoms with van der Waals surface area (Å²) in [6.45, 7) is 1.53. The fraction of sp³-hybridized carbons (Fsp3) is 0.538. The average Bonchev–Trinajstić information content (AvgIpc) is 3.75. The van der Waals surface area contributed by atoms with Gasteiger partial charge >= 0.3 is 6.18 Å². The first kappa shape index (κ1) is 29.6. The van der Waals surface area contributed by atoms with E-state index in [1.807, 2.05) is 5.32 Å². The van der Waals surface area contributed by atoms with Crippen molar-refractivity contribution in [2.45, 2.75) is 76.1 Å². The summed E-state index contributed by atoms with van der Waals surface area (Å²) < 4.78 is 79.5. The first-order valence-electron chi connectivity index (χ1n) is 13.8. The zero-order chi connectivity index (χ0) is 31.3. The van der Waals surface area contributed by atoms with E-state index in [1.54, 1.807) is 12.3 Å². The van der Waals surface area contributed by atoms with Gasteiger partial charge in [0.25, 0.3) is 5.91 Å². The van der Waals surface area contributed by atoms with Crippen molar-refractivity contribution in [2.75, 3.05) is 0 Å². The Balaban J connectivity index is 1.30. The van der Waals surface area contributed by atoms with Crippen molar-refractivity contribution < 1.29 is 40.7 Å². The van der Waals surface area contributed by atoms with E-state index in [9.17, 15) is 31.5 Å². The van der Waals surface area contributed by atoms with Gasteiger partial charge in [-0.3, -0.25) is 9.59 Å². The van der Waals surface area contributed by atoms with Crippen LogP contribution in [0.3, 0.4) is 0 Å². The van der Waals surface area contributed by atoms with Crippen molar-refractivity contribution in [3.8, 4) is 0 Å². The van der Waals surface area contributed by atoms with Crippen molar-refractivity contribution >= 4 is 17.5 Å². The van der Waals surface area contributed by atoms with Crippen molar-refractivity contribution in [1.29, 1.82) is 0 Å². The first-order chi connectivity index (χ1) is 20.8. The van der Waals surface area contributed by atoms with Gasteiger partial charge in [0, 0.05) is 19.3 Å². The van der Waals surface area contributed by atoms with E-state index in [-0.39, 0.29) is 67.3 Å². The van der Waals surface area contributed by atoms with E-state index < -0.39 is 47.8 Å². The maximum absolute atomic E-state index is 14.0. The molecule has 1 saturated carbocycles. The lowest BCUT2D eigenvalue weighted by atomic mass is 9.76. The van der Waals surface area contributed by atoms with Crippen LogP contribution in [0.15, 0.2) is 34.0 Å². The van der Waals surface area contributed by atoms with Crippen LogP contribution in [0.25, 0.3) is 5.65 Å². The molecule has 0 radical (unpaired) electrons. The number of aryl methyl sites for hydroxylation is 1. The second kappa shape index (κ2) is 10.9. The highest BCUT2D eigenvalue weighted by molar-refractivity contribution is 5.93. The number of nitrogens with one attached hydrogen (secondary N) is 2. The van der Waals surface area contributed by atoms with Crippen molar-refractivity contribution in [2.24, 2.45) is 11.3 Å². The van der Waals surface area contributed by atoms with E-state index in [4.69, 9.17) is 4.52 Å². The molecule has 13 nitrogen and oxygen atoms in total. The highest BCUT2D eigenvalue weighted by Gasteiger charge is 2.56. The van der Waals surface area contributed by atoms with E-state index >= 15 is 0 Å². The highest BCUT2D eigenvalue weighted by atomic mass is 19.4. The third-order valence-corrected chi connectivity index (χ3v) is 8.32. The smallest absolute Gasteiger partial charge is 0.344 e. The molecule has 0 spiro atoms. The average molecular weight is 624 g/mol. The Morgan fingerprint density at radius 2 is 1.98 bits per heavy atom. The van der Waals surface area contributed by atoms with Crippen LogP contribution in [-0.4, -0.2) is 65.0 Å². The van der Waals surface area contributed by atoms with Gasteiger partial charge in [-0.05, 0) is 55.3 Å². The Kier molecular flexibility index (Phi) is 7.31. The zero-order valence-corrected chi connectivity index (χ0v) is 23.1. The van der Waals surface area contributed by atoms with Crippen LogP contribution in [-0.2, 0) is 17.6 Å². The summed E-state index contributed by atoms with van der Waals surface area (Å²) in [7, 11) is 0. The Morgan fingerprint density at radius 1 is 1.20 bits per heavy atom. The number of alkyl halides is 5. The van der Waals surface area contributed by atoms with Gasteiger partial charge < -0.3 is 15.2 Å². The van der Waals surface area contributed by atoms with Gasteiger partial charge in [-0.15, -0.1) is 0 Å². The van der Waals surface area contributed by atoms with Crippen LogP contribution in [0.2, 0.25) is 0 Å². The summed E-state index contributed by atoms with van der Waals surface area (Å²) in [5.41, 5.74) is -0.330. The number of fused-ring (bicyclic) bond motifs is 1. The topological polar surface area (TPSA) is 166 Å². The summed E-state index contributed by atoms with van der Waals surface area (Å²) in [5, 5.41) is 20.1. The summed E-state index contributed by atoms with van der Waals surface area (Å²) in [6.07, 6.45) is -2.04. The summed E-state index contributed by atoms with van der Waals surface area (Å²) in [6, 6.07) is -1.27. The quantitative estimate of drug-likeness (QED) is 0.278. The number of amides is 2. The molecule has 3 atom stereocenters. The van der Waals surface area contributed by atoms with Crippen LogP contribution in [0, 0.1) is 18.3 Å². The summed E-state index contributed by atoms with van der Waals surface area (Å²) >= 11 is 0. The van der Waals surface area contributed by atoms with Crippen LogP contribution in [0.4, 0.5) is 22.0 Å². The number of rotatable bonds is 8. The minimum atomic E-state index is -4.65. The van der Waals surface area contributed by atoms with Gasteiger partial charge in [0.2, 0.25) is 18.2 Å². The molecule has 2 amide bonds. The van der Waals surface area contributed by atoms with Gasteiger partial charge in [-0.1, -0.05) is 10.3 Å². The molecule has 2 N–H and O–H groups in total. The molecule has 1 aliphatic carbocycles. The number of carbonyl (C=O) groups excluding carboxylic acids is 2. The third kappa shape index (κ3) is 5.84. The lowest BCUT2D eigenvalue weighted by molar-refractivity contribution is -0.155. The van der Waals surface area contributed by atoms with Gasteiger partial charge in [0.15, 0.2) is 17.2 Å². The highest BCUT2D eigenvalue weighted by Crippen LogP contribution is 2.43. The van der Waals surface area contributed by atoms with Crippen molar-refractivity contribution in [3.63, 3.8) is 0 Å². The molecule has 44 heavy (non-hydrogen) atoms. The van der Waals surface area contributed by atoms with Crippen LogP contribution < -0.4 is 10.6 Å². The molecule has 18 heteroatoms. The molecular formula is C26H26F5N9O4. The Hall–Kier alpha value is -4.51. The van der Waals surface area contributed by atoms with E-state index in [1.165, 1.54) is 17.6 Å². The molecule has 4 aromatic rings. The molecule has 234 valence electrons. The normalized spacial score (nSPS) is 23.1. The predicted octanol–water partition coefficient (Wildman–Crippen LogP) is 3.32. The molecule has 4 aromatic heterocycles. The lowest BCUT2D eigenvalue weighted by Gasteiger charge is -2.33. The van der Waals surface area contributed by atoms with Gasteiger partial charge in [-0.2, -0.15) is 23.3 Å². The van der Waals surface area contributed by atoms with E-state index in [0.29, 0.717) is 11.3 Å². The monoisotopic (exact) mass is 623 g/mol. The van der Waals surface area contributed by atoms with Gasteiger partial charge in [0.1, 0.15) is 11.7 Å². The number of halogens is 5. The van der Waals surface area contributed by atoms with Gasteiger partial charge in [-0.25, -0.2) is 22.9 Å². The predicted molar refractivity (Wildman–Crippen MR) is 136 cm³/mol. The van der Waals surface area contributed by atoms with E-state index in [2.05, 4.69) is 40.5 Å². The van der Waals surface area contributed by atoms with Crippen LogP contribution in [0.1, 0.15) is 71.4 Å². The zero-order valence-electron chi connectivity index (χ0n) is 23.1. The standard InChI is InChI=1S/C26H26F5N9O4/c1-13-20(39-44-37-13)22(41)36-21(15-2-4-25(27,28)5-3-15)16-11-40-19(34-16)6-14(10-33-40)7-24(9-18-32-12-43-38-18)8-17(26(29,30)31)35-23(24)42/h6,10-12,15,17,21H,2-5,7-9H2,1H3,(H,35,42)(H,36,41)/t17-,21-,24-/m0/s1. The molecule has 5 heterocycles. The van der Waals surface area contributed by atoms with Gasteiger partial charge in [0.05, 0.1) is 29.5 Å². The fourth-order valence-corrected chi connectivity index (χ4v) is 6.03. The number of carbonyl (C=O) groups is 2.